The number of fused-ring (bicyclic) bond motifs is 4. The highest BCUT2D eigenvalue weighted by molar-refractivity contribution is 6.29. The fourth-order valence-corrected chi connectivity index (χ4v) is 6.36. The minimum atomic E-state index is -0.630. The summed E-state index contributed by atoms with van der Waals surface area (Å²) >= 11 is 6.27. The van der Waals surface area contributed by atoms with Crippen LogP contribution in [0.25, 0.3) is 10.9 Å². The number of hydrogen-bond donors (Lipinski definition) is 1. The molecular formula is C26H30ClN4O2+. The van der Waals surface area contributed by atoms with Crippen LogP contribution in [0.3, 0.4) is 0 Å². The first kappa shape index (κ1) is 22.3. The Hall–Kier alpha value is -2.54. The monoisotopic (exact) mass is 465 g/mol. The van der Waals surface area contributed by atoms with E-state index in [-0.39, 0.29) is 6.04 Å². The zero-order chi connectivity index (χ0) is 23.2. The van der Waals surface area contributed by atoms with Gasteiger partial charge in [-0.15, -0.1) is 6.58 Å². The Morgan fingerprint density at radius 2 is 2.15 bits per heavy atom. The van der Waals surface area contributed by atoms with Gasteiger partial charge < -0.3 is 14.3 Å². The van der Waals surface area contributed by atoms with Crippen LogP contribution in [0.4, 0.5) is 0 Å². The van der Waals surface area contributed by atoms with E-state index in [0.29, 0.717) is 29.4 Å². The molecule has 0 amide bonds. The van der Waals surface area contributed by atoms with Crippen molar-refractivity contribution in [2.45, 2.75) is 38.5 Å². The predicted molar refractivity (Wildman–Crippen MR) is 129 cm³/mol. The number of aromatic nitrogens is 3. The van der Waals surface area contributed by atoms with Crippen molar-refractivity contribution in [1.82, 2.24) is 15.0 Å². The lowest BCUT2D eigenvalue weighted by Gasteiger charge is -2.58. The molecule has 2 bridgehead atoms. The maximum atomic E-state index is 11.9. The number of quaternary nitrogens is 1. The van der Waals surface area contributed by atoms with Gasteiger partial charge in [0, 0.05) is 36.4 Å². The molecule has 0 radical (unpaired) electrons. The van der Waals surface area contributed by atoms with Crippen LogP contribution in [0.1, 0.15) is 36.0 Å². The smallest absolute Gasteiger partial charge is 0.133 e. The number of hydrogen-bond acceptors (Lipinski definition) is 5. The van der Waals surface area contributed by atoms with Crippen molar-refractivity contribution >= 4 is 22.5 Å². The standard InChI is InChI=1S/C26H30ClN4O2/c1-4-17-14-31(15-19-12-25(27)30-16(2)29-19)10-8-18(17)11-24(31)26(32)21-7-9-28-23-6-5-20(33-3)13-22(21)23/h4-7,9,12-13,17-18,24,26,32H,1,8,10-11,14-15H2,2-3H3/q+1/t17?,18-,24?,26?,31?/m0/s1. The number of halogens is 1. The number of benzene rings is 1. The van der Waals surface area contributed by atoms with E-state index in [0.717, 1.165) is 58.3 Å². The van der Waals surface area contributed by atoms with Crippen molar-refractivity contribution in [2.24, 2.45) is 11.8 Å². The van der Waals surface area contributed by atoms with Crippen LogP contribution in [-0.4, -0.2) is 50.8 Å². The molecular weight excluding hydrogens is 436 g/mol. The second kappa shape index (κ2) is 8.67. The first-order valence-corrected chi connectivity index (χ1v) is 11.9. The summed E-state index contributed by atoms with van der Waals surface area (Å²) in [6, 6.07) is 9.68. The van der Waals surface area contributed by atoms with E-state index >= 15 is 0 Å². The van der Waals surface area contributed by atoms with Gasteiger partial charge in [0.25, 0.3) is 0 Å². The molecule has 5 atom stereocenters. The normalized spacial score (nSPS) is 27.5. The zero-order valence-corrected chi connectivity index (χ0v) is 19.9. The lowest BCUT2D eigenvalue weighted by molar-refractivity contribution is -0.985. The average Bonchev–Trinajstić information content (AvgIpc) is 2.82. The molecule has 3 aliphatic heterocycles. The summed E-state index contributed by atoms with van der Waals surface area (Å²) in [6.45, 7) is 8.65. The first-order valence-electron chi connectivity index (χ1n) is 11.5. The molecule has 6 rings (SSSR count). The number of aryl methyl sites for hydroxylation is 1. The van der Waals surface area contributed by atoms with E-state index in [1.165, 1.54) is 0 Å². The van der Waals surface area contributed by atoms with Gasteiger partial charge in [-0.3, -0.25) is 4.98 Å². The highest BCUT2D eigenvalue weighted by Gasteiger charge is 2.54. The van der Waals surface area contributed by atoms with E-state index in [1.54, 1.807) is 13.3 Å². The quantitative estimate of drug-likeness (QED) is 0.326. The molecule has 1 aromatic carbocycles. The Morgan fingerprint density at radius 3 is 2.91 bits per heavy atom. The third-order valence-corrected chi connectivity index (χ3v) is 7.87. The molecule has 3 saturated heterocycles. The Labute approximate surface area is 199 Å². The molecule has 6 nitrogen and oxygen atoms in total. The van der Waals surface area contributed by atoms with Crippen LogP contribution >= 0.6 is 11.6 Å². The molecule has 33 heavy (non-hydrogen) atoms. The number of piperidine rings is 3. The fourth-order valence-electron chi connectivity index (χ4n) is 6.11. The highest BCUT2D eigenvalue weighted by atomic mass is 35.5. The molecule has 0 saturated carbocycles. The largest absolute Gasteiger partial charge is 0.497 e. The van der Waals surface area contributed by atoms with Crippen LogP contribution in [0.2, 0.25) is 5.15 Å². The first-order chi connectivity index (χ1) is 15.9. The van der Waals surface area contributed by atoms with Gasteiger partial charge in [-0.25, -0.2) is 9.97 Å². The fraction of sp³-hybridized carbons (Fsp3) is 0.423. The van der Waals surface area contributed by atoms with Crippen molar-refractivity contribution in [3.8, 4) is 5.75 Å². The van der Waals surface area contributed by atoms with E-state index in [2.05, 4.69) is 27.6 Å². The van der Waals surface area contributed by atoms with Gasteiger partial charge in [-0.1, -0.05) is 17.7 Å². The molecule has 3 fully saturated rings. The molecule has 2 aromatic heterocycles. The number of rotatable bonds is 6. The predicted octanol–water partition coefficient (Wildman–Crippen LogP) is 4.64. The molecule has 4 unspecified atom stereocenters. The van der Waals surface area contributed by atoms with Crippen molar-refractivity contribution < 1.29 is 14.3 Å². The van der Waals surface area contributed by atoms with E-state index in [1.807, 2.05) is 37.3 Å². The van der Waals surface area contributed by atoms with Crippen molar-refractivity contribution in [1.29, 1.82) is 0 Å². The molecule has 172 valence electrons. The zero-order valence-electron chi connectivity index (χ0n) is 19.1. The van der Waals surface area contributed by atoms with Gasteiger partial charge >= 0.3 is 0 Å². The summed E-state index contributed by atoms with van der Waals surface area (Å²) in [6.07, 6.45) is 5.33. The summed E-state index contributed by atoms with van der Waals surface area (Å²) < 4.78 is 6.22. The maximum Gasteiger partial charge on any atom is 0.133 e. The minimum Gasteiger partial charge on any atom is -0.497 e. The van der Waals surface area contributed by atoms with Crippen LogP contribution < -0.4 is 4.74 Å². The number of nitrogens with zero attached hydrogens (tertiary/aromatic N) is 4. The Balaban J connectivity index is 1.57. The molecule has 0 spiro atoms. The third kappa shape index (κ3) is 4.01. The van der Waals surface area contributed by atoms with Gasteiger partial charge in [-0.05, 0) is 42.7 Å². The lowest BCUT2D eigenvalue weighted by atomic mass is 9.71. The van der Waals surface area contributed by atoms with Crippen LogP contribution in [-0.2, 0) is 6.54 Å². The van der Waals surface area contributed by atoms with E-state index in [9.17, 15) is 5.11 Å². The topological polar surface area (TPSA) is 68.1 Å². The second-order valence-electron chi connectivity index (χ2n) is 9.49. The minimum absolute atomic E-state index is 0.0470. The van der Waals surface area contributed by atoms with Gasteiger partial charge in [0.2, 0.25) is 0 Å². The van der Waals surface area contributed by atoms with E-state index < -0.39 is 6.10 Å². The van der Waals surface area contributed by atoms with Gasteiger partial charge in [-0.2, -0.15) is 0 Å². The number of aliphatic hydroxyl groups excluding tert-OH is 1. The molecule has 1 N–H and O–H groups in total. The van der Waals surface area contributed by atoms with Crippen LogP contribution in [0.5, 0.6) is 5.75 Å². The van der Waals surface area contributed by atoms with Gasteiger partial charge in [0.05, 0.1) is 31.4 Å². The lowest BCUT2D eigenvalue weighted by Crippen LogP contribution is -2.67. The number of ether oxygens (including phenoxy) is 1. The highest BCUT2D eigenvalue weighted by Crippen LogP contribution is 2.48. The summed E-state index contributed by atoms with van der Waals surface area (Å²) in [5.74, 6) is 2.42. The summed E-state index contributed by atoms with van der Waals surface area (Å²) in [4.78, 5) is 13.4. The Morgan fingerprint density at radius 1 is 1.30 bits per heavy atom. The molecule has 3 aliphatic rings. The van der Waals surface area contributed by atoms with Crippen molar-refractivity contribution in [3.63, 3.8) is 0 Å². The molecule has 7 heteroatoms. The number of aliphatic hydroxyl groups is 1. The van der Waals surface area contributed by atoms with Crippen LogP contribution in [0, 0.1) is 18.8 Å². The molecule has 3 aromatic rings. The number of methoxy groups -OCH3 is 1. The maximum absolute atomic E-state index is 11.9. The molecule has 5 heterocycles. The molecule has 0 aliphatic carbocycles. The van der Waals surface area contributed by atoms with Gasteiger partial charge in [0.15, 0.2) is 0 Å². The van der Waals surface area contributed by atoms with Crippen LogP contribution in [0.15, 0.2) is 49.2 Å². The summed E-state index contributed by atoms with van der Waals surface area (Å²) in [5, 5.41) is 13.3. The average molecular weight is 466 g/mol. The second-order valence-corrected chi connectivity index (χ2v) is 9.88. The van der Waals surface area contributed by atoms with Crippen molar-refractivity contribution in [3.05, 3.63) is 71.4 Å². The summed E-state index contributed by atoms with van der Waals surface area (Å²) in [7, 11) is 1.66. The Kier molecular flexibility index (Phi) is 5.85. The summed E-state index contributed by atoms with van der Waals surface area (Å²) in [5.41, 5.74) is 2.69. The third-order valence-electron chi connectivity index (χ3n) is 7.68. The number of pyridine rings is 1. The van der Waals surface area contributed by atoms with Crippen molar-refractivity contribution in [2.75, 3.05) is 20.2 Å². The van der Waals surface area contributed by atoms with E-state index in [4.69, 9.17) is 16.3 Å². The Bertz CT molecular complexity index is 1180. The van der Waals surface area contributed by atoms with Gasteiger partial charge in [0.1, 0.15) is 35.4 Å². The SMILES string of the molecule is C=CC1C[N+]2(Cc3cc(Cl)nc(C)n3)CC[C@H]1CC2C(O)c1ccnc2ccc(OC)cc12.